The molecule has 2 aromatic heterocycles. The minimum Gasteiger partial charge on any atom is -0.481 e. The Balaban J connectivity index is 2.31. The number of aliphatic carboxylic acids is 1. The average molecular weight is 264 g/mol. The van der Waals surface area contributed by atoms with Gasteiger partial charge in [0.15, 0.2) is 5.65 Å². The number of aromatic nitrogens is 3. The molecule has 0 aliphatic carbocycles. The summed E-state index contributed by atoms with van der Waals surface area (Å²) < 4.78 is 6.51. The summed E-state index contributed by atoms with van der Waals surface area (Å²) in [5.74, 6) is -0.238. The lowest BCUT2D eigenvalue weighted by Crippen LogP contribution is -2.11. The second-order valence-corrected chi connectivity index (χ2v) is 4.12. The summed E-state index contributed by atoms with van der Waals surface area (Å²) in [6.45, 7) is 2.99. The molecule has 19 heavy (non-hydrogen) atoms. The highest BCUT2D eigenvalue weighted by molar-refractivity contribution is 5.70. The highest BCUT2D eigenvalue weighted by atomic mass is 16.5. The average Bonchev–Trinajstić information content (AvgIpc) is 2.66. The zero-order chi connectivity index (χ0) is 13.8. The Morgan fingerprint density at radius 1 is 1.53 bits per heavy atom. The molecule has 102 valence electrons. The number of methoxy groups -OCH3 is 1. The Labute approximate surface area is 110 Å². The first-order valence-electron chi connectivity index (χ1n) is 5.91. The third-order valence-electron chi connectivity index (χ3n) is 2.70. The number of carboxylic acids is 1. The summed E-state index contributed by atoms with van der Waals surface area (Å²) in [6, 6.07) is 3.61. The van der Waals surface area contributed by atoms with E-state index in [1.807, 2.05) is 6.07 Å². The molecule has 0 aromatic carbocycles. The van der Waals surface area contributed by atoms with Gasteiger partial charge in [0.05, 0.1) is 24.4 Å². The van der Waals surface area contributed by atoms with Crippen LogP contribution in [0.3, 0.4) is 0 Å². The Kier molecular flexibility index (Phi) is 3.96. The van der Waals surface area contributed by atoms with Crippen molar-refractivity contribution in [3.8, 4) is 0 Å². The normalized spacial score (nSPS) is 10.8. The van der Waals surface area contributed by atoms with E-state index in [0.717, 1.165) is 0 Å². The van der Waals surface area contributed by atoms with E-state index in [0.29, 0.717) is 36.0 Å². The van der Waals surface area contributed by atoms with Crippen LogP contribution in [0.25, 0.3) is 5.65 Å². The molecular formula is C12H16N4O3. The van der Waals surface area contributed by atoms with Crippen LogP contribution in [0.4, 0.5) is 5.82 Å². The molecule has 0 saturated carbocycles. The summed E-state index contributed by atoms with van der Waals surface area (Å²) in [6.07, 6.45) is -0.0957. The number of imidazole rings is 1. The largest absolute Gasteiger partial charge is 0.481 e. The Hall–Kier alpha value is -2.15. The molecule has 0 spiro atoms. The topological polar surface area (TPSA) is 88.8 Å². The van der Waals surface area contributed by atoms with Gasteiger partial charge >= 0.3 is 5.97 Å². The van der Waals surface area contributed by atoms with Crippen LogP contribution in [0.5, 0.6) is 0 Å². The van der Waals surface area contributed by atoms with E-state index in [2.05, 4.69) is 15.4 Å². The Bertz CT molecular complexity index is 594. The number of anilines is 1. The summed E-state index contributed by atoms with van der Waals surface area (Å²) in [5.41, 5.74) is 1.92. The highest BCUT2D eigenvalue weighted by Gasteiger charge is 2.13. The lowest BCUT2D eigenvalue weighted by Gasteiger charge is -2.06. The second kappa shape index (κ2) is 5.66. The molecule has 7 heteroatoms. The molecule has 2 aromatic rings. The van der Waals surface area contributed by atoms with Crippen molar-refractivity contribution in [1.29, 1.82) is 0 Å². The van der Waals surface area contributed by atoms with Crippen LogP contribution in [0.15, 0.2) is 12.1 Å². The number of ether oxygens (including phenoxy) is 1. The summed E-state index contributed by atoms with van der Waals surface area (Å²) in [4.78, 5) is 15.1. The quantitative estimate of drug-likeness (QED) is 0.747. The number of rotatable bonds is 6. The zero-order valence-electron chi connectivity index (χ0n) is 10.9. The molecule has 0 unspecified atom stereocenters. The van der Waals surface area contributed by atoms with Gasteiger partial charge in [-0.15, -0.1) is 5.10 Å². The van der Waals surface area contributed by atoms with Crippen LogP contribution in [0, 0.1) is 6.92 Å². The number of nitrogens with zero attached hydrogens (tertiary/aromatic N) is 3. The molecule has 0 aliphatic heterocycles. The molecule has 2 N–H and O–H groups in total. The van der Waals surface area contributed by atoms with Crippen LogP contribution in [0.2, 0.25) is 0 Å². The van der Waals surface area contributed by atoms with E-state index in [-0.39, 0.29) is 6.42 Å². The first kappa shape index (κ1) is 13.3. The maximum atomic E-state index is 10.9. The van der Waals surface area contributed by atoms with Crippen molar-refractivity contribution in [2.24, 2.45) is 0 Å². The van der Waals surface area contributed by atoms with Gasteiger partial charge in [-0.1, -0.05) is 0 Å². The number of nitrogens with one attached hydrogen (secondary N) is 1. The number of carboxylic acid groups (broad SMARTS) is 1. The van der Waals surface area contributed by atoms with E-state index in [1.54, 1.807) is 24.6 Å². The van der Waals surface area contributed by atoms with E-state index >= 15 is 0 Å². The third kappa shape index (κ3) is 3.00. The number of hydrogen-bond donors (Lipinski definition) is 2. The maximum absolute atomic E-state index is 10.9. The highest BCUT2D eigenvalue weighted by Crippen LogP contribution is 2.13. The van der Waals surface area contributed by atoms with E-state index in [9.17, 15) is 4.79 Å². The first-order valence-corrected chi connectivity index (χ1v) is 5.91. The van der Waals surface area contributed by atoms with Crippen LogP contribution in [-0.4, -0.2) is 45.9 Å². The Morgan fingerprint density at radius 3 is 3.00 bits per heavy atom. The summed E-state index contributed by atoms with van der Waals surface area (Å²) in [7, 11) is 1.63. The van der Waals surface area contributed by atoms with Crippen molar-refractivity contribution in [1.82, 2.24) is 14.6 Å². The number of carbonyl (C=O) groups is 1. The van der Waals surface area contributed by atoms with Crippen LogP contribution < -0.4 is 5.32 Å². The van der Waals surface area contributed by atoms with Gasteiger partial charge in [-0.3, -0.25) is 4.79 Å². The van der Waals surface area contributed by atoms with Crippen molar-refractivity contribution >= 4 is 17.4 Å². The Morgan fingerprint density at radius 2 is 2.32 bits per heavy atom. The second-order valence-electron chi connectivity index (χ2n) is 4.12. The predicted molar refractivity (Wildman–Crippen MR) is 69.4 cm³/mol. The lowest BCUT2D eigenvalue weighted by molar-refractivity contribution is -0.136. The fourth-order valence-electron chi connectivity index (χ4n) is 1.81. The van der Waals surface area contributed by atoms with Crippen molar-refractivity contribution in [2.75, 3.05) is 25.6 Å². The van der Waals surface area contributed by atoms with Gasteiger partial charge in [0, 0.05) is 13.7 Å². The summed E-state index contributed by atoms with van der Waals surface area (Å²) in [5, 5.41) is 16.4. The fraction of sp³-hybridized carbons (Fsp3) is 0.417. The third-order valence-corrected chi connectivity index (χ3v) is 2.70. The zero-order valence-corrected chi connectivity index (χ0v) is 10.9. The van der Waals surface area contributed by atoms with Gasteiger partial charge < -0.3 is 15.2 Å². The van der Waals surface area contributed by atoms with Gasteiger partial charge in [0.25, 0.3) is 0 Å². The van der Waals surface area contributed by atoms with E-state index in [1.165, 1.54) is 0 Å². The standard InChI is InChI=1S/C12H16N4O3/c1-8-9(7-12(17)18)16-11(14-8)4-3-10(15-16)13-5-6-19-2/h3-4H,5-7H2,1-2H3,(H,13,15)(H,17,18). The molecule has 2 rings (SSSR count). The van der Waals surface area contributed by atoms with Crippen LogP contribution in [-0.2, 0) is 16.0 Å². The monoisotopic (exact) mass is 264 g/mol. The molecular weight excluding hydrogens is 248 g/mol. The van der Waals surface area contributed by atoms with E-state index in [4.69, 9.17) is 9.84 Å². The number of fused-ring (bicyclic) bond motifs is 1. The van der Waals surface area contributed by atoms with Crippen LogP contribution in [0.1, 0.15) is 11.4 Å². The van der Waals surface area contributed by atoms with Crippen molar-refractivity contribution in [2.45, 2.75) is 13.3 Å². The minimum absolute atomic E-state index is 0.0957. The van der Waals surface area contributed by atoms with E-state index < -0.39 is 5.97 Å². The molecule has 0 atom stereocenters. The molecule has 0 saturated heterocycles. The summed E-state index contributed by atoms with van der Waals surface area (Å²) >= 11 is 0. The minimum atomic E-state index is -0.899. The fourth-order valence-corrected chi connectivity index (χ4v) is 1.81. The molecule has 0 amide bonds. The van der Waals surface area contributed by atoms with Crippen molar-refractivity contribution in [3.63, 3.8) is 0 Å². The SMILES string of the molecule is COCCNc1ccc2nc(C)c(CC(=O)O)n2n1. The molecule has 2 heterocycles. The lowest BCUT2D eigenvalue weighted by atomic mass is 10.3. The molecule has 0 radical (unpaired) electrons. The maximum Gasteiger partial charge on any atom is 0.309 e. The molecule has 0 aliphatic rings. The van der Waals surface area contributed by atoms with Crippen LogP contribution >= 0.6 is 0 Å². The molecule has 7 nitrogen and oxygen atoms in total. The van der Waals surface area contributed by atoms with Gasteiger partial charge in [-0.25, -0.2) is 9.50 Å². The van der Waals surface area contributed by atoms with Gasteiger partial charge in [0.1, 0.15) is 5.82 Å². The predicted octanol–water partition coefficient (Wildman–Crippen LogP) is 0.723. The van der Waals surface area contributed by atoms with Crippen molar-refractivity contribution in [3.05, 3.63) is 23.5 Å². The molecule has 0 bridgehead atoms. The van der Waals surface area contributed by atoms with Gasteiger partial charge in [0.2, 0.25) is 0 Å². The number of aryl methyl sites for hydroxylation is 1. The first-order chi connectivity index (χ1) is 9.11. The number of hydrogen-bond acceptors (Lipinski definition) is 5. The van der Waals surface area contributed by atoms with Crippen molar-refractivity contribution < 1.29 is 14.6 Å². The van der Waals surface area contributed by atoms with Gasteiger partial charge in [-0.2, -0.15) is 0 Å². The smallest absolute Gasteiger partial charge is 0.309 e. The van der Waals surface area contributed by atoms with Gasteiger partial charge in [-0.05, 0) is 19.1 Å². The molecule has 0 fully saturated rings.